The Balaban J connectivity index is 1.87. The Bertz CT molecular complexity index is 128. The smallest absolute Gasteiger partial charge is 0.000837 e. The molecule has 1 aliphatic heterocycles. The van der Waals surface area contributed by atoms with Crippen molar-refractivity contribution in [3.05, 3.63) is 0 Å². The predicted octanol–water partition coefficient (Wildman–Crippen LogP) is 2.01. The van der Waals surface area contributed by atoms with E-state index in [1.807, 2.05) is 0 Å². The van der Waals surface area contributed by atoms with E-state index in [0.717, 1.165) is 11.8 Å². The Morgan fingerprint density at radius 1 is 1.43 bits per heavy atom. The first-order chi connectivity index (χ1) is 6.79. The third-order valence-electron chi connectivity index (χ3n) is 2.97. The van der Waals surface area contributed by atoms with Gasteiger partial charge in [-0.25, -0.2) is 0 Å². The van der Waals surface area contributed by atoms with E-state index in [0.29, 0.717) is 0 Å². The van der Waals surface area contributed by atoms with Crippen LogP contribution in [0.25, 0.3) is 0 Å². The molecule has 0 radical (unpaired) electrons. The fraction of sp³-hybridized carbons (Fsp3) is 1.00. The average Bonchev–Trinajstić information content (AvgIpc) is 2.18. The summed E-state index contributed by atoms with van der Waals surface area (Å²) in [6.07, 6.45) is 5.45. The van der Waals surface area contributed by atoms with Crippen molar-refractivity contribution < 1.29 is 0 Å². The molecule has 1 heterocycles. The normalized spacial score (nSPS) is 22.9. The van der Waals surface area contributed by atoms with Gasteiger partial charge in [0.15, 0.2) is 0 Å². The zero-order valence-electron chi connectivity index (χ0n) is 9.81. The van der Waals surface area contributed by atoms with Crippen LogP contribution in [0.2, 0.25) is 0 Å². The van der Waals surface area contributed by atoms with Crippen LogP contribution < -0.4 is 10.6 Å². The highest BCUT2D eigenvalue weighted by Crippen LogP contribution is 2.08. The van der Waals surface area contributed by atoms with E-state index in [9.17, 15) is 0 Å². The van der Waals surface area contributed by atoms with E-state index >= 15 is 0 Å². The monoisotopic (exact) mass is 198 g/mol. The molecule has 0 aromatic heterocycles. The lowest BCUT2D eigenvalue weighted by atomic mass is 10.00. The lowest BCUT2D eigenvalue weighted by Crippen LogP contribution is -2.36. The topological polar surface area (TPSA) is 24.1 Å². The molecule has 2 nitrogen and oxygen atoms in total. The van der Waals surface area contributed by atoms with Crippen molar-refractivity contribution >= 4 is 0 Å². The Labute approximate surface area is 88.8 Å². The first-order valence-electron chi connectivity index (χ1n) is 6.20. The van der Waals surface area contributed by atoms with Crippen molar-refractivity contribution in [3.63, 3.8) is 0 Å². The largest absolute Gasteiger partial charge is 0.316 e. The molecule has 1 unspecified atom stereocenters. The zero-order valence-corrected chi connectivity index (χ0v) is 9.81. The molecule has 2 heteroatoms. The van der Waals surface area contributed by atoms with Crippen LogP contribution in [0.15, 0.2) is 0 Å². The molecule has 2 N–H and O–H groups in total. The molecule has 1 aliphatic rings. The van der Waals surface area contributed by atoms with Crippen molar-refractivity contribution in [2.45, 2.75) is 39.5 Å². The highest BCUT2D eigenvalue weighted by Gasteiger charge is 2.11. The third kappa shape index (κ3) is 5.61. The van der Waals surface area contributed by atoms with Gasteiger partial charge < -0.3 is 10.6 Å². The standard InChI is InChI=1S/C12H26N2/c1-11(2)5-3-7-13-9-12-6-4-8-14-10-12/h11-14H,3-10H2,1-2H3. The van der Waals surface area contributed by atoms with Gasteiger partial charge in [0.2, 0.25) is 0 Å². The molecule has 0 bridgehead atoms. The summed E-state index contributed by atoms with van der Waals surface area (Å²) in [6.45, 7) is 9.46. The van der Waals surface area contributed by atoms with E-state index in [1.165, 1.54) is 51.9 Å². The number of rotatable bonds is 6. The second-order valence-corrected chi connectivity index (χ2v) is 4.95. The second kappa shape index (κ2) is 7.24. The van der Waals surface area contributed by atoms with Crippen LogP contribution in [0, 0.1) is 11.8 Å². The lowest BCUT2D eigenvalue weighted by molar-refractivity contribution is 0.358. The van der Waals surface area contributed by atoms with Crippen LogP contribution in [-0.2, 0) is 0 Å². The van der Waals surface area contributed by atoms with Gasteiger partial charge in [-0.2, -0.15) is 0 Å². The van der Waals surface area contributed by atoms with Crippen LogP contribution in [0.5, 0.6) is 0 Å². The molecule has 0 spiro atoms. The van der Waals surface area contributed by atoms with Crippen LogP contribution in [0.4, 0.5) is 0 Å². The van der Waals surface area contributed by atoms with Crippen molar-refractivity contribution in [1.29, 1.82) is 0 Å². The molecule has 1 atom stereocenters. The molecule has 0 aliphatic carbocycles. The van der Waals surface area contributed by atoms with Crippen LogP contribution in [0.1, 0.15) is 39.5 Å². The van der Waals surface area contributed by atoms with Crippen molar-refractivity contribution in [3.8, 4) is 0 Å². The number of hydrogen-bond donors (Lipinski definition) is 2. The van der Waals surface area contributed by atoms with Gasteiger partial charge in [-0.1, -0.05) is 13.8 Å². The van der Waals surface area contributed by atoms with Gasteiger partial charge in [-0.05, 0) is 63.7 Å². The van der Waals surface area contributed by atoms with Gasteiger partial charge in [0, 0.05) is 0 Å². The maximum Gasteiger partial charge on any atom is -0.000837 e. The maximum atomic E-state index is 3.57. The fourth-order valence-corrected chi connectivity index (χ4v) is 2.04. The van der Waals surface area contributed by atoms with Gasteiger partial charge in [0.25, 0.3) is 0 Å². The van der Waals surface area contributed by atoms with Crippen LogP contribution in [-0.4, -0.2) is 26.2 Å². The van der Waals surface area contributed by atoms with E-state index in [-0.39, 0.29) is 0 Å². The molecule has 14 heavy (non-hydrogen) atoms. The van der Waals surface area contributed by atoms with Crippen molar-refractivity contribution in [2.75, 3.05) is 26.2 Å². The second-order valence-electron chi connectivity index (χ2n) is 4.95. The van der Waals surface area contributed by atoms with Gasteiger partial charge in [0.05, 0.1) is 0 Å². The first-order valence-corrected chi connectivity index (χ1v) is 6.20. The highest BCUT2D eigenvalue weighted by molar-refractivity contribution is 4.70. The highest BCUT2D eigenvalue weighted by atomic mass is 14.9. The van der Waals surface area contributed by atoms with Gasteiger partial charge in [-0.15, -0.1) is 0 Å². The Morgan fingerprint density at radius 2 is 2.29 bits per heavy atom. The SMILES string of the molecule is CC(C)CCCNCC1CCCNC1. The van der Waals surface area contributed by atoms with E-state index in [4.69, 9.17) is 0 Å². The van der Waals surface area contributed by atoms with E-state index < -0.39 is 0 Å². The maximum absolute atomic E-state index is 3.57. The fourth-order valence-electron chi connectivity index (χ4n) is 2.04. The lowest BCUT2D eigenvalue weighted by Gasteiger charge is -2.23. The molecule has 84 valence electrons. The van der Waals surface area contributed by atoms with Gasteiger partial charge >= 0.3 is 0 Å². The Kier molecular flexibility index (Phi) is 6.20. The summed E-state index contributed by atoms with van der Waals surface area (Å²) in [6, 6.07) is 0. The Morgan fingerprint density at radius 3 is 2.93 bits per heavy atom. The predicted molar refractivity (Wildman–Crippen MR) is 62.5 cm³/mol. The van der Waals surface area contributed by atoms with E-state index in [1.54, 1.807) is 0 Å². The molecule has 1 fully saturated rings. The van der Waals surface area contributed by atoms with E-state index in [2.05, 4.69) is 24.5 Å². The summed E-state index contributed by atoms with van der Waals surface area (Å²) >= 11 is 0. The first kappa shape index (κ1) is 12.0. The zero-order chi connectivity index (χ0) is 10.2. The molecular weight excluding hydrogens is 172 g/mol. The molecule has 1 rings (SSSR count). The molecule has 0 aromatic rings. The van der Waals surface area contributed by atoms with Gasteiger partial charge in [0.1, 0.15) is 0 Å². The minimum absolute atomic E-state index is 0.855. The third-order valence-corrected chi connectivity index (χ3v) is 2.97. The Hall–Kier alpha value is -0.0800. The minimum Gasteiger partial charge on any atom is -0.316 e. The molecular formula is C12H26N2. The van der Waals surface area contributed by atoms with Gasteiger partial charge in [-0.3, -0.25) is 0 Å². The summed E-state index contributed by atoms with van der Waals surface area (Å²) in [7, 11) is 0. The molecule has 0 saturated carbocycles. The van der Waals surface area contributed by atoms with Crippen molar-refractivity contribution in [1.82, 2.24) is 10.6 Å². The number of piperidine rings is 1. The average molecular weight is 198 g/mol. The molecule has 1 saturated heterocycles. The molecule has 0 aromatic carbocycles. The summed E-state index contributed by atoms with van der Waals surface area (Å²) in [5, 5.41) is 7.02. The minimum atomic E-state index is 0.855. The number of hydrogen-bond acceptors (Lipinski definition) is 2. The number of nitrogens with one attached hydrogen (secondary N) is 2. The van der Waals surface area contributed by atoms with Crippen molar-refractivity contribution in [2.24, 2.45) is 11.8 Å². The van der Waals surface area contributed by atoms with Crippen LogP contribution in [0.3, 0.4) is 0 Å². The summed E-state index contributed by atoms with van der Waals surface area (Å²) < 4.78 is 0. The van der Waals surface area contributed by atoms with Crippen LogP contribution >= 0.6 is 0 Å². The quantitative estimate of drug-likeness (QED) is 0.638. The molecule has 0 amide bonds. The summed E-state index contributed by atoms with van der Waals surface area (Å²) in [5.74, 6) is 1.73. The summed E-state index contributed by atoms with van der Waals surface area (Å²) in [5.41, 5.74) is 0. The summed E-state index contributed by atoms with van der Waals surface area (Å²) in [4.78, 5) is 0.